The molecular weight excluding hydrogens is 462 g/mol. The van der Waals surface area contributed by atoms with E-state index in [4.69, 9.17) is 5.11 Å². The molecule has 2 unspecified atom stereocenters. The second-order valence-electron chi connectivity index (χ2n) is 10.9. The van der Waals surface area contributed by atoms with Crippen molar-refractivity contribution >= 4 is 11.9 Å². The molecule has 2 atom stereocenters. The lowest BCUT2D eigenvalue weighted by Crippen LogP contribution is -2.26. The van der Waals surface area contributed by atoms with Crippen molar-refractivity contribution in [3.8, 4) is 0 Å². The Morgan fingerprint density at radius 1 is 0.730 bits per heavy atom. The molecule has 37 heavy (non-hydrogen) atoms. The van der Waals surface area contributed by atoms with Gasteiger partial charge in [0.05, 0.1) is 11.8 Å². The molecule has 0 aromatic heterocycles. The van der Waals surface area contributed by atoms with Gasteiger partial charge in [-0.3, -0.25) is 9.59 Å². The van der Waals surface area contributed by atoms with Crippen molar-refractivity contribution < 1.29 is 19.8 Å². The SMILES string of the molecule is CC(C)Cc1ccc(C(C)C(=O)O)cc1.CCN(CC)CCc1cc(CC(C)C)ccc1C(C)C(=O)O. The number of likely N-dealkylation sites (N-methyl/N-ethyl adjacent to an activating group) is 1. The van der Waals surface area contributed by atoms with Gasteiger partial charge in [0, 0.05) is 6.54 Å². The molecule has 2 aromatic rings. The van der Waals surface area contributed by atoms with Crippen molar-refractivity contribution in [2.45, 2.75) is 86.5 Å². The summed E-state index contributed by atoms with van der Waals surface area (Å²) in [5, 5.41) is 18.2. The molecule has 0 heterocycles. The molecule has 0 aliphatic rings. The van der Waals surface area contributed by atoms with Gasteiger partial charge in [0.25, 0.3) is 0 Å². The number of nitrogens with zero attached hydrogens (tertiary/aromatic N) is 1. The van der Waals surface area contributed by atoms with Gasteiger partial charge in [-0.15, -0.1) is 0 Å². The minimum absolute atomic E-state index is 0.418. The van der Waals surface area contributed by atoms with Gasteiger partial charge in [-0.1, -0.05) is 84.0 Å². The second kappa shape index (κ2) is 16.2. The summed E-state index contributed by atoms with van der Waals surface area (Å²) in [5.74, 6) is -1.14. The van der Waals surface area contributed by atoms with Crippen molar-refractivity contribution in [2.24, 2.45) is 11.8 Å². The first-order chi connectivity index (χ1) is 17.4. The Bertz CT molecular complexity index is 961. The number of carboxylic acid groups (broad SMARTS) is 2. The number of hydrogen-bond acceptors (Lipinski definition) is 3. The highest BCUT2D eigenvalue weighted by Gasteiger charge is 2.18. The van der Waals surface area contributed by atoms with Gasteiger partial charge < -0.3 is 15.1 Å². The van der Waals surface area contributed by atoms with E-state index < -0.39 is 23.8 Å². The van der Waals surface area contributed by atoms with E-state index in [0.717, 1.165) is 50.0 Å². The molecule has 0 spiro atoms. The highest BCUT2D eigenvalue weighted by molar-refractivity contribution is 5.76. The fourth-order valence-corrected chi connectivity index (χ4v) is 4.40. The molecule has 0 aliphatic heterocycles. The number of carboxylic acids is 2. The first kappa shape index (κ1) is 32.4. The zero-order valence-corrected chi connectivity index (χ0v) is 24.3. The molecule has 2 rings (SSSR count). The Hall–Kier alpha value is -2.66. The topological polar surface area (TPSA) is 77.8 Å². The third-order valence-electron chi connectivity index (χ3n) is 6.77. The molecule has 5 nitrogen and oxygen atoms in total. The van der Waals surface area contributed by atoms with Crippen LogP contribution in [0.3, 0.4) is 0 Å². The maximum absolute atomic E-state index is 11.4. The summed E-state index contributed by atoms with van der Waals surface area (Å²) in [7, 11) is 0. The van der Waals surface area contributed by atoms with Gasteiger partial charge >= 0.3 is 11.9 Å². The maximum atomic E-state index is 11.4. The summed E-state index contributed by atoms with van der Waals surface area (Å²) in [5.41, 5.74) is 5.61. The summed E-state index contributed by atoms with van der Waals surface area (Å²) >= 11 is 0. The Balaban J connectivity index is 0.000000397. The smallest absolute Gasteiger partial charge is 0.310 e. The van der Waals surface area contributed by atoms with Crippen LogP contribution in [0.25, 0.3) is 0 Å². The van der Waals surface area contributed by atoms with Crippen LogP contribution in [-0.2, 0) is 28.9 Å². The Labute approximate surface area is 224 Å². The summed E-state index contributed by atoms with van der Waals surface area (Å²) in [6.07, 6.45) is 3.00. The summed E-state index contributed by atoms with van der Waals surface area (Å²) < 4.78 is 0. The van der Waals surface area contributed by atoms with Crippen LogP contribution in [0.1, 0.15) is 95.0 Å². The Kier molecular flexibility index (Phi) is 14.2. The molecule has 206 valence electrons. The van der Waals surface area contributed by atoms with Gasteiger partial charge in [-0.05, 0) is 85.9 Å². The minimum atomic E-state index is -0.772. The molecule has 0 saturated heterocycles. The fourth-order valence-electron chi connectivity index (χ4n) is 4.40. The van der Waals surface area contributed by atoms with Gasteiger partial charge in [0.15, 0.2) is 0 Å². The van der Waals surface area contributed by atoms with E-state index in [2.05, 4.69) is 58.6 Å². The van der Waals surface area contributed by atoms with Crippen LogP contribution in [-0.4, -0.2) is 46.7 Å². The van der Waals surface area contributed by atoms with E-state index in [1.54, 1.807) is 13.8 Å². The van der Waals surface area contributed by atoms with Crippen LogP contribution in [0.4, 0.5) is 0 Å². The molecule has 0 radical (unpaired) electrons. The maximum Gasteiger partial charge on any atom is 0.310 e. The van der Waals surface area contributed by atoms with Gasteiger partial charge in [0.2, 0.25) is 0 Å². The molecule has 0 saturated carbocycles. The van der Waals surface area contributed by atoms with Crippen LogP contribution in [0.2, 0.25) is 0 Å². The zero-order chi connectivity index (χ0) is 28.1. The van der Waals surface area contributed by atoms with Gasteiger partial charge in [-0.2, -0.15) is 0 Å². The molecule has 0 amide bonds. The first-order valence-corrected chi connectivity index (χ1v) is 13.8. The number of rotatable bonds is 13. The van der Waals surface area contributed by atoms with Gasteiger partial charge in [0.1, 0.15) is 0 Å². The first-order valence-electron chi connectivity index (χ1n) is 13.8. The lowest BCUT2D eigenvalue weighted by atomic mass is 9.90. The number of benzene rings is 2. The number of hydrogen-bond donors (Lipinski definition) is 2. The van der Waals surface area contributed by atoms with Crippen LogP contribution < -0.4 is 0 Å². The van der Waals surface area contributed by atoms with Crippen LogP contribution >= 0.6 is 0 Å². The van der Waals surface area contributed by atoms with Crippen molar-refractivity contribution in [3.63, 3.8) is 0 Å². The van der Waals surface area contributed by atoms with Crippen LogP contribution in [0.15, 0.2) is 42.5 Å². The lowest BCUT2D eigenvalue weighted by Gasteiger charge is -2.21. The van der Waals surface area contributed by atoms with Crippen molar-refractivity contribution in [1.82, 2.24) is 4.90 Å². The minimum Gasteiger partial charge on any atom is -0.481 e. The van der Waals surface area contributed by atoms with Crippen molar-refractivity contribution in [1.29, 1.82) is 0 Å². The van der Waals surface area contributed by atoms with Crippen LogP contribution in [0, 0.1) is 11.8 Å². The quantitative estimate of drug-likeness (QED) is 0.302. The molecule has 0 aliphatic carbocycles. The summed E-state index contributed by atoms with van der Waals surface area (Å²) in [6.45, 7) is 19.6. The highest BCUT2D eigenvalue weighted by atomic mass is 16.4. The monoisotopic (exact) mass is 511 g/mol. The summed E-state index contributed by atoms with van der Waals surface area (Å²) in [4.78, 5) is 24.5. The Morgan fingerprint density at radius 2 is 1.22 bits per heavy atom. The third kappa shape index (κ3) is 11.5. The second-order valence-corrected chi connectivity index (χ2v) is 10.9. The molecule has 0 fully saturated rings. The van der Waals surface area contributed by atoms with E-state index in [1.165, 1.54) is 16.7 Å². The zero-order valence-electron chi connectivity index (χ0n) is 24.3. The molecule has 5 heteroatoms. The standard InChI is InChI=1S/C19H31NO2.C13H18O2/c1-6-20(7-2)11-10-17-13-16(12-14(3)4)8-9-18(17)15(5)19(21)22;1-9(2)8-11-4-6-12(7-5-11)10(3)13(14)15/h8-9,13-15H,6-7,10-12H2,1-5H3,(H,21,22);4-7,9-10H,8H2,1-3H3,(H,14,15). The van der Waals surface area contributed by atoms with E-state index in [0.29, 0.717) is 11.8 Å². The van der Waals surface area contributed by atoms with E-state index in [1.807, 2.05) is 30.3 Å². The van der Waals surface area contributed by atoms with E-state index >= 15 is 0 Å². The summed E-state index contributed by atoms with van der Waals surface area (Å²) in [6, 6.07) is 14.2. The average molecular weight is 512 g/mol. The number of carbonyl (C=O) groups is 2. The van der Waals surface area contributed by atoms with E-state index in [9.17, 15) is 14.7 Å². The molecule has 2 aromatic carbocycles. The van der Waals surface area contributed by atoms with E-state index in [-0.39, 0.29) is 0 Å². The average Bonchev–Trinajstić information content (AvgIpc) is 2.84. The third-order valence-corrected chi connectivity index (χ3v) is 6.77. The predicted molar refractivity (Wildman–Crippen MR) is 154 cm³/mol. The molecular formula is C32H49NO4. The lowest BCUT2D eigenvalue weighted by molar-refractivity contribution is -0.139. The van der Waals surface area contributed by atoms with Crippen LogP contribution in [0.5, 0.6) is 0 Å². The molecule has 0 bridgehead atoms. The highest BCUT2D eigenvalue weighted by Crippen LogP contribution is 2.24. The largest absolute Gasteiger partial charge is 0.481 e. The fraction of sp³-hybridized carbons (Fsp3) is 0.562. The van der Waals surface area contributed by atoms with Gasteiger partial charge in [-0.25, -0.2) is 0 Å². The molecule has 2 N–H and O–H groups in total. The number of aliphatic carboxylic acids is 2. The Morgan fingerprint density at radius 3 is 1.68 bits per heavy atom. The predicted octanol–water partition coefficient (Wildman–Crippen LogP) is 7.03. The van der Waals surface area contributed by atoms with Crippen molar-refractivity contribution in [2.75, 3.05) is 19.6 Å². The normalized spacial score (nSPS) is 12.8. The van der Waals surface area contributed by atoms with Crippen molar-refractivity contribution in [3.05, 3.63) is 70.3 Å².